The Kier molecular flexibility index (Phi) is 6.60. The van der Waals surface area contributed by atoms with Crippen molar-refractivity contribution in [2.24, 2.45) is 0 Å². The lowest BCUT2D eigenvalue weighted by atomic mass is 10.2. The first-order valence-corrected chi connectivity index (χ1v) is 8.37. The van der Waals surface area contributed by atoms with Gasteiger partial charge in [-0.15, -0.1) is 0 Å². The van der Waals surface area contributed by atoms with E-state index >= 15 is 0 Å². The monoisotopic (exact) mass is 356 g/mol. The number of nitrogens with zero attached hydrogens (tertiary/aromatic N) is 1. The molecular formula is C20H24N2O4. The molecule has 26 heavy (non-hydrogen) atoms. The lowest BCUT2D eigenvalue weighted by Crippen LogP contribution is -2.36. The number of hydrogen-bond acceptors (Lipinski definition) is 4. The van der Waals surface area contributed by atoms with E-state index in [1.807, 2.05) is 13.8 Å². The zero-order valence-electron chi connectivity index (χ0n) is 15.5. The Hall–Kier alpha value is -3.02. The van der Waals surface area contributed by atoms with Crippen LogP contribution in [0.4, 0.5) is 11.4 Å². The molecule has 0 unspecified atom stereocenters. The summed E-state index contributed by atoms with van der Waals surface area (Å²) in [7, 11) is 1.57. The smallest absolute Gasteiger partial charge is 0.244 e. The van der Waals surface area contributed by atoms with Gasteiger partial charge in [0, 0.05) is 18.3 Å². The second-order valence-electron chi connectivity index (χ2n) is 6.04. The van der Waals surface area contributed by atoms with Gasteiger partial charge in [-0.25, -0.2) is 0 Å². The van der Waals surface area contributed by atoms with Gasteiger partial charge in [0.2, 0.25) is 11.8 Å². The second-order valence-corrected chi connectivity index (χ2v) is 6.04. The highest BCUT2D eigenvalue weighted by molar-refractivity contribution is 6.01. The fourth-order valence-electron chi connectivity index (χ4n) is 2.38. The Morgan fingerprint density at radius 1 is 1.00 bits per heavy atom. The van der Waals surface area contributed by atoms with Gasteiger partial charge in [-0.1, -0.05) is 0 Å². The predicted octanol–water partition coefficient (Wildman–Crippen LogP) is 3.47. The molecule has 0 saturated carbocycles. The summed E-state index contributed by atoms with van der Waals surface area (Å²) in [5.74, 6) is 0.923. The number of carbonyl (C=O) groups excluding carboxylic acids is 2. The summed E-state index contributed by atoms with van der Waals surface area (Å²) in [5, 5.41) is 2.79. The molecule has 0 heterocycles. The van der Waals surface area contributed by atoms with Crippen molar-refractivity contribution in [2.75, 3.05) is 23.9 Å². The molecule has 0 aromatic heterocycles. The van der Waals surface area contributed by atoms with Crippen LogP contribution in [0.3, 0.4) is 0 Å². The molecule has 0 aliphatic rings. The molecule has 0 fully saturated rings. The zero-order valence-corrected chi connectivity index (χ0v) is 15.5. The third-order valence-electron chi connectivity index (χ3n) is 3.58. The summed E-state index contributed by atoms with van der Waals surface area (Å²) in [5.41, 5.74) is 1.28. The highest BCUT2D eigenvalue weighted by Gasteiger charge is 2.16. The van der Waals surface area contributed by atoms with Crippen LogP contribution in [0.25, 0.3) is 0 Å². The lowest BCUT2D eigenvalue weighted by molar-refractivity contribution is -0.120. The van der Waals surface area contributed by atoms with Crippen molar-refractivity contribution in [3.63, 3.8) is 0 Å². The number of rotatable bonds is 7. The second kappa shape index (κ2) is 8.89. The molecule has 6 heteroatoms. The van der Waals surface area contributed by atoms with Crippen molar-refractivity contribution in [2.45, 2.75) is 26.9 Å². The first-order valence-electron chi connectivity index (χ1n) is 8.37. The predicted molar refractivity (Wildman–Crippen MR) is 102 cm³/mol. The molecule has 0 spiro atoms. The van der Waals surface area contributed by atoms with E-state index < -0.39 is 0 Å². The Labute approximate surface area is 153 Å². The topological polar surface area (TPSA) is 67.9 Å². The van der Waals surface area contributed by atoms with Crippen molar-refractivity contribution < 1.29 is 19.1 Å². The average molecular weight is 356 g/mol. The standard InChI is InChI=1S/C20H24N2O4/c1-14(2)26-19-9-5-16(6-10-19)21-20(24)13-22(15(3)23)17-7-11-18(25-4)12-8-17/h5-12,14H,13H2,1-4H3,(H,21,24). The van der Waals surface area contributed by atoms with Crippen LogP contribution in [0, 0.1) is 0 Å². The van der Waals surface area contributed by atoms with Crippen molar-refractivity contribution in [1.29, 1.82) is 0 Å². The van der Waals surface area contributed by atoms with Crippen LogP contribution < -0.4 is 19.7 Å². The highest BCUT2D eigenvalue weighted by Crippen LogP contribution is 2.20. The molecule has 2 aromatic carbocycles. The van der Waals surface area contributed by atoms with Crippen molar-refractivity contribution in [1.82, 2.24) is 0 Å². The molecule has 2 aromatic rings. The van der Waals surface area contributed by atoms with E-state index in [1.54, 1.807) is 55.6 Å². The number of methoxy groups -OCH3 is 1. The first-order chi connectivity index (χ1) is 12.4. The summed E-state index contributed by atoms with van der Waals surface area (Å²) < 4.78 is 10.7. The minimum Gasteiger partial charge on any atom is -0.497 e. The van der Waals surface area contributed by atoms with E-state index in [0.717, 1.165) is 5.75 Å². The molecule has 6 nitrogen and oxygen atoms in total. The van der Waals surface area contributed by atoms with Gasteiger partial charge in [0.05, 0.1) is 13.2 Å². The Bertz CT molecular complexity index is 739. The zero-order chi connectivity index (χ0) is 19.1. The van der Waals surface area contributed by atoms with E-state index in [4.69, 9.17) is 9.47 Å². The van der Waals surface area contributed by atoms with E-state index in [2.05, 4.69) is 5.32 Å². The number of nitrogens with one attached hydrogen (secondary N) is 1. The molecule has 0 aliphatic carbocycles. The quantitative estimate of drug-likeness (QED) is 0.825. The van der Waals surface area contributed by atoms with Crippen LogP contribution in [0.2, 0.25) is 0 Å². The third-order valence-corrected chi connectivity index (χ3v) is 3.58. The Morgan fingerprint density at radius 3 is 2.08 bits per heavy atom. The molecule has 2 amide bonds. The van der Waals surface area contributed by atoms with Gasteiger partial charge in [-0.3, -0.25) is 9.59 Å². The van der Waals surface area contributed by atoms with Crippen molar-refractivity contribution >= 4 is 23.2 Å². The van der Waals surface area contributed by atoms with Crippen LogP contribution in [0.1, 0.15) is 20.8 Å². The van der Waals surface area contributed by atoms with Crippen molar-refractivity contribution in [3.8, 4) is 11.5 Å². The van der Waals surface area contributed by atoms with Gasteiger partial charge < -0.3 is 19.7 Å². The molecule has 2 rings (SSSR count). The van der Waals surface area contributed by atoms with Gasteiger partial charge in [-0.2, -0.15) is 0 Å². The largest absolute Gasteiger partial charge is 0.497 e. The maximum Gasteiger partial charge on any atom is 0.244 e. The summed E-state index contributed by atoms with van der Waals surface area (Å²) >= 11 is 0. The third kappa shape index (κ3) is 5.51. The Balaban J connectivity index is 2.02. The van der Waals surface area contributed by atoms with E-state index in [0.29, 0.717) is 17.1 Å². The normalized spacial score (nSPS) is 10.3. The maximum atomic E-state index is 12.3. The fourth-order valence-corrected chi connectivity index (χ4v) is 2.38. The fraction of sp³-hybridized carbons (Fsp3) is 0.300. The number of hydrogen-bond donors (Lipinski definition) is 1. The first kappa shape index (κ1) is 19.3. The van der Waals surface area contributed by atoms with E-state index in [9.17, 15) is 9.59 Å². The Morgan fingerprint density at radius 2 is 1.58 bits per heavy atom. The minimum absolute atomic E-state index is 0.0775. The molecule has 0 saturated heterocycles. The van der Waals surface area contributed by atoms with Crippen molar-refractivity contribution in [3.05, 3.63) is 48.5 Å². The summed E-state index contributed by atoms with van der Waals surface area (Å²) in [6.45, 7) is 5.25. The van der Waals surface area contributed by atoms with E-state index in [1.165, 1.54) is 11.8 Å². The summed E-state index contributed by atoms with van der Waals surface area (Å²) in [6.07, 6.45) is 0.0871. The van der Waals surface area contributed by atoms with Crippen LogP contribution in [-0.4, -0.2) is 31.6 Å². The summed E-state index contributed by atoms with van der Waals surface area (Å²) in [4.78, 5) is 25.7. The van der Waals surface area contributed by atoms with Gasteiger partial charge in [-0.05, 0) is 62.4 Å². The van der Waals surface area contributed by atoms with Gasteiger partial charge in [0.1, 0.15) is 18.0 Å². The molecule has 0 atom stereocenters. The molecular weight excluding hydrogens is 332 g/mol. The number of ether oxygens (including phenoxy) is 2. The lowest BCUT2D eigenvalue weighted by Gasteiger charge is -2.21. The number of carbonyl (C=O) groups is 2. The van der Waals surface area contributed by atoms with Gasteiger partial charge in [0.25, 0.3) is 0 Å². The molecule has 1 N–H and O–H groups in total. The molecule has 0 aliphatic heterocycles. The SMILES string of the molecule is COc1ccc(N(CC(=O)Nc2ccc(OC(C)C)cc2)C(C)=O)cc1. The van der Waals surface area contributed by atoms with Crippen LogP contribution in [-0.2, 0) is 9.59 Å². The number of amides is 2. The van der Waals surface area contributed by atoms with Crippen LogP contribution >= 0.6 is 0 Å². The van der Waals surface area contributed by atoms with Crippen LogP contribution in [0.5, 0.6) is 11.5 Å². The van der Waals surface area contributed by atoms with Crippen LogP contribution in [0.15, 0.2) is 48.5 Å². The maximum absolute atomic E-state index is 12.3. The molecule has 0 bridgehead atoms. The molecule has 0 radical (unpaired) electrons. The molecule has 138 valence electrons. The highest BCUT2D eigenvalue weighted by atomic mass is 16.5. The summed E-state index contributed by atoms with van der Waals surface area (Å²) in [6, 6.07) is 14.1. The minimum atomic E-state index is -0.284. The average Bonchev–Trinajstić information content (AvgIpc) is 2.61. The number of anilines is 2. The van der Waals surface area contributed by atoms with E-state index in [-0.39, 0.29) is 24.5 Å². The number of benzene rings is 2. The van der Waals surface area contributed by atoms with Gasteiger partial charge in [0.15, 0.2) is 0 Å². The van der Waals surface area contributed by atoms with Gasteiger partial charge >= 0.3 is 0 Å².